The zero-order valence-electron chi connectivity index (χ0n) is 11.5. The molecule has 1 nitrogen and oxygen atoms in total. The van der Waals surface area contributed by atoms with E-state index in [9.17, 15) is 0 Å². The molecule has 0 aromatic heterocycles. The number of aliphatic hydroxyl groups excluding tert-OH is 1. The molecule has 0 radical (unpaired) electrons. The summed E-state index contributed by atoms with van der Waals surface area (Å²) >= 11 is 2.65. The van der Waals surface area contributed by atoms with E-state index < -0.39 is 0 Å². The molecule has 0 saturated carbocycles. The molecule has 17 heavy (non-hydrogen) atoms. The molecule has 0 amide bonds. The number of rotatable bonds is 13. The van der Waals surface area contributed by atoms with Crippen LogP contribution in [-0.2, 0) is 0 Å². The van der Waals surface area contributed by atoms with Gasteiger partial charge in [-0.2, -0.15) is 0 Å². The van der Waals surface area contributed by atoms with Crippen LogP contribution in [0.15, 0.2) is 0 Å². The first-order valence-corrected chi connectivity index (χ1v) is 8.34. The second kappa shape index (κ2) is 14.3. The van der Waals surface area contributed by atoms with Crippen molar-refractivity contribution >= 4 is 20.2 Å². The predicted octanol–water partition coefficient (Wildman–Crippen LogP) is 4.75. The van der Waals surface area contributed by atoms with Gasteiger partial charge < -0.3 is 0 Å². The van der Waals surface area contributed by atoms with E-state index >= 15 is 0 Å². The second-order valence-corrected chi connectivity index (χ2v) is 6.02. The molecule has 0 aromatic carbocycles. The SMILES string of the molecule is CCCCCCCCCCCCCCC(O)=[Se]. The molecule has 0 atom stereocenters. The van der Waals surface area contributed by atoms with E-state index in [4.69, 9.17) is 5.11 Å². The summed E-state index contributed by atoms with van der Waals surface area (Å²) in [6.45, 7) is 2.27. The van der Waals surface area contributed by atoms with Crippen molar-refractivity contribution in [2.75, 3.05) is 0 Å². The molecule has 0 spiro atoms. The van der Waals surface area contributed by atoms with Crippen molar-refractivity contribution in [3.8, 4) is 0 Å². The molecule has 0 aliphatic rings. The molecule has 0 fully saturated rings. The summed E-state index contributed by atoms with van der Waals surface area (Å²) in [5, 5.41) is 8.97. The molecule has 1 N–H and O–H groups in total. The third-order valence-corrected chi connectivity index (χ3v) is 3.67. The van der Waals surface area contributed by atoms with Crippen LogP contribution in [0.1, 0.15) is 90.4 Å². The third-order valence-electron chi connectivity index (χ3n) is 3.24. The van der Waals surface area contributed by atoms with Crippen LogP contribution < -0.4 is 0 Å². The molecule has 0 aliphatic carbocycles. The van der Waals surface area contributed by atoms with Crippen LogP contribution in [0.25, 0.3) is 0 Å². The van der Waals surface area contributed by atoms with Gasteiger partial charge in [0.25, 0.3) is 0 Å². The van der Waals surface area contributed by atoms with Crippen LogP contribution in [0.5, 0.6) is 0 Å². The average Bonchev–Trinajstić information content (AvgIpc) is 2.30. The van der Waals surface area contributed by atoms with Gasteiger partial charge in [0.15, 0.2) is 0 Å². The summed E-state index contributed by atoms with van der Waals surface area (Å²) in [7, 11) is 0. The Balaban J connectivity index is 2.91. The van der Waals surface area contributed by atoms with E-state index in [1.165, 1.54) is 70.6 Å². The normalized spacial score (nSPS) is 10.6. The van der Waals surface area contributed by atoms with Gasteiger partial charge in [-0.1, -0.05) is 19.8 Å². The van der Waals surface area contributed by atoms with Crippen molar-refractivity contribution in [2.24, 2.45) is 0 Å². The zero-order chi connectivity index (χ0) is 12.8. The molecule has 0 rings (SSSR count). The van der Waals surface area contributed by atoms with Crippen molar-refractivity contribution < 1.29 is 5.11 Å². The van der Waals surface area contributed by atoms with Crippen molar-refractivity contribution in [1.29, 1.82) is 0 Å². The Labute approximate surface area is 116 Å². The Morgan fingerprint density at radius 1 is 0.706 bits per heavy atom. The molecule has 0 bridgehead atoms. The topological polar surface area (TPSA) is 20.2 Å². The maximum atomic E-state index is 8.97. The van der Waals surface area contributed by atoms with Gasteiger partial charge >= 0.3 is 95.9 Å². The first kappa shape index (κ1) is 17.2. The second-order valence-electron chi connectivity index (χ2n) is 5.03. The van der Waals surface area contributed by atoms with Gasteiger partial charge in [-0.3, -0.25) is 0 Å². The van der Waals surface area contributed by atoms with E-state index in [2.05, 4.69) is 22.5 Å². The summed E-state index contributed by atoms with van der Waals surface area (Å²) in [5.41, 5.74) is 0. The van der Waals surface area contributed by atoms with Crippen molar-refractivity contribution in [3.05, 3.63) is 0 Å². The Hall–Kier alpha value is 0.189. The fraction of sp³-hybridized carbons (Fsp3) is 0.933. The fourth-order valence-corrected chi connectivity index (χ4v) is 2.42. The van der Waals surface area contributed by atoms with Crippen molar-refractivity contribution in [2.45, 2.75) is 90.4 Å². The molecule has 0 saturated heterocycles. The van der Waals surface area contributed by atoms with E-state index in [-0.39, 0.29) is 0 Å². The minimum atomic E-state index is 0.470. The first-order valence-electron chi connectivity index (χ1n) is 7.49. The summed E-state index contributed by atoms with van der Waals surface area (Å²) in [5.74, 6) is 0. The molecule has 0 aromatic rings. The van der Waals surface area contributed by atoms with Gasteiger partial charge in [-0.25, -0.2) is 0 Å². The van der Waals surface area contributed by atoms with Gasteiger partial charge in [0.1, 0.15) is 0 Å². The van der Waals surface area contributed by atoms with E-state index in [0.29, 0.717) is 4.60 Å². The number of hydrogen-bond donors (Lipinski definition) is 1. The van der Waals surface area contributed by atoms with Crippen LogP contribution in [0.2, 0.25) is 0 Å². The number of aliphatic hydroxyl groups is 1. The molecular weight excluding hydrogens is 275 g/mol. The quantitative estimate of drug-likeness (QED) is 0.384. The van der Waals surface area contributed by atoms with Crippen LogP contribution in [0.3, 0.4) is 0 Å². The van der Waals surface area contributed by atoms with Gasteiger partial charge in [0.05, 0.1) is 0 Å². The summed E-state index contributed by atoms with van der Waals surface area (Å²) in [4.78, 5) is 0. The summed E-state index contributed by atoms with van der Waals surface area (Å²) < 4.78 is 0.470. The molecule has 0 aliphatic heterocycles. The average molecular weight is 305 g/mol. The number of unbranched alkanes of at least 4 members (excludes halogenated alkanes) is 11. The first-order chi connectivity index (χ1) is 8.27. The van der Waals surface area contributed by atoms with Crippen LogP contribution in [0.4, 0.5) is 0 Å². The molecule has 2 heteroatoms. The number of hydrogen-bond acceptors (Lipinski definition) is 1. The van der Waals surface area contributed by atoms with Crippen molar-refractivity contribution in [1.82, 2.24) is 0 Å². The van der Waals surface area contributed by atoms with Crippen LogP contribution in [-0.4, -0.2) is 25.3 Å². The molecule has 0 unspecified atom stereocenters. The van der Waals surface area contributed by atoms with E-state index in [1.54, 1.807) is 0 Å². The Morgan fingerprint density at radius 2 is 1.06 bits per heavy atom. The van der Waals surface area contributed by atoms with Crippen LogP contribution in [0, 0.1) is 0 Å². The van der Waals surface area contributed by atoms with E-state index in [1.807, 2.05) is 0 Å². The van der Waals surface area contributed by atoms with E-state index in [0.717, 1.165) is 12.8 Å². The molecule has 102 valence electrons. The van der Waals surface area contributed by atoms with Crippen LogP contribution >= 0.6 is 0 Å². The molecule has 0 heterocycles. The van der Waals surface area contributed by atoms with Crippen molar-refractivity contribution in [3.63, 3.8) is 0 Å². The minimum absolute atomic E-state index is 0.470. The van der Waals surface area contributed by atoms with Gasteiger partial charge in [0.2, 0.25) is 0 Å². The fourth-order valence-electron chi connectivity index (χ4n) is 2.12. The molecular formula is C15H30OSe. The zero-order valence-corrected chi connectivity index (χ0v) is 13.3. The maximum absolute atomic E-state index is 8.97. The summed E-state index contributed by atoms with van der Waals surface area (Å²) in [6.07, 6.45) is 17.3. The Bertz CT molecular complexity index is 168. The monoisotopic (exact) mass is 306 g/mol. The van der Waals surface area contributed by atoms with Gasteiger partial charge in [-0.15, -0.1) is 0 Å². The van der Waals surface area contributed by atoms with Gasteiger partial charge in [-0.05, 0) is 0 Å². The Kier molecular flexibility index (Phi) is 14.4. The van der Waals surface area contributed by atoms with Gasteiger partial charge in [0, 0.05) is 0 Å². The standard InChI is InChI=1S/C15H30OSe/c1-2-3-4-5-6-7-8-9-10-11-12-13-14-15(16)17/h2-14H2,1H3,(H,16,17). The summed E-state index contributed by atoms with van der Waals surface area (Å²) in [6, 6.07) is 0. The third kappa shape index (κ3) is 16.2. The Morgan fingerprint density at radius 3 is 1.41 bits per heavy atom. The predicted molar refractivity (Wildman–Crippen MR) is 78.4 cm³/mol.